The Morgan fingerprint density at radius 1 is 1.31 bits per heavy atom. The van der Waals surface area contributed by atoms with Crippen molar-refractivity contribution in [2.24, 2.45) is 4.52 Å². The molecule has 68 valence electrons. The van der Waals surface area contributed by atoms with Gasteiger partial charge in [0.05, 0.1) is 4.90 Å². The summed E-state index contributed by atoms with van der Waals surface area (Å²) in [6.07, 6.45) is 0. The highest BCUT2D eigenvalue weighted by Crippen LogP contribution is 2.14. The standard InChI is InChI=1S/C6H4IN3O2S/c7-5-1-3-6(4-2-5)13(11,12)10-9-8/h1-4H. The second kappa shape index (κ2) is 3.95. The van der Waals surface area contributed by atoms with Crippen LogP contribution in [0, 0.1) is 3.57 Å². The van der Waals surface area contributed by atoms with E-state index in [1.165, 1.54) is 12.1 Å². The molecule has 0 N–H and O–H groups in total. The van der Waals surface area contributed by atoms with Gasteiger partial charge in [0.15, 0.2) is 0 Å². The van der Waals surface area contributed by atoms with Gasteiger partial charge in [0.1, 0.15) is 0 Å². The molecular weight excluding hydrogens is 305 g/mol. The third kappa shape index (κ3) is 2.58. The van der Waals surface area contributed by atoms with Crippen molar-refractivity contribution in [2.75, 3.05) is 0 Å². The van der Waals surface area contributed by atoms with Gasteiger partial charge in [0.2, 0.25) is 0 Å². The van der Waals surface area contributed by atoms with Gasteiger partial charge in [-0.3, -0.25) is 0 Å². The van der Waals surface area contributed by atoms with E-state index in [4.69, 9.17) is 5.53 Å². The molecule has 0 aromatic heterocycles. The maximum absolute atomic E-state index is 11.1. The van der Waals surface area contributed by atoms with Crippen LogP contribution in [0.25, 0.3) is 10.4 Å². The van der Waals surface area contributed by atoms with Crippen molar-refractivity contribution in [1.29, 1.82) is 0 Å². The van der Waals surface area contributed by atoms with Gasteiger partial charge in [-0.05, 0) is 52.4 Å². The molecule has 5 nitrogen and oxygen atoms in total. The maximum atomic E-state index is 11.1. The van der Waals surface area contributed by atoms with Crippen LogP contribution in [-0.2, 0) is 10.0 Å². The number of azide groups is 1. The van der Waals surface area contributed by atoms with Crippen LogP contribution in [0.5, 0.6) is 0 Å². The minimum Gasteiger partial charge on any atom is -0.216 e. The Labute approximate surface area is 88.6 Å². The zero-order valence-electron chi connectivity index (χ0n) is 6.25. The summed E-state index contributed by atoms with van der Waals surface area (Å²) in [5.41, 5.74) is 8.00. The summed E-state index contributed by atoms with van der Waals surface area (Å²) in [5.74, 6) is 0. The van der Waals surface area contributed by atoms with E-state index in [1.54, 1.807) is 12.1 Å². The van der Waals surface area contributed by atoms with E-state index < -0.39 is 10.0 Å². The Kier molecular flexibility index (Phi) is 3.12. The Balaban J connectivity index is 3.24. The molecule has 1 aromatic carbocycles. The monoisotopic (exact) mass is 309 g/mol. The van der Waals surface area contributed by atoms with Gasteiger partial charge < -0.3 is 0 Å². The lowest BCUT2D eigenvalue weighted by Gasteiger charge is -1.95. The largest absolute Gasteiger partial charge is 0.264 e. The molecule has 0 spiro atoms. The number of hydrogen-bond donors (Lipinski definition) is 0. The Bertz CT molecular complexity index is 447. The second-order valence-electron chi connectivity index (χ2n) is 2.10. The van der Waals surface area contributed by atoms with Crippen LogP contribution in [-0.4, -0.2) is 8.42 Å². The van der Waals surface area contributed by atoms with Gasteiger partial charge >= 0.3 is 0 Å². The van der Waals surface area contributed by atoms with Crippen molar-refractivity contribution in [1.82, 2.24) is 0 Å². The van der Waals surface area contributed by atoms with Crippen molar-refractivity contribution in [3.63, 3.8) is 0 Å². The summed E-state index contributed by atoms with van der Waals surface area (Å²) in [7, 11) is -3.82. The van der Waals surface area contributed by atoms with E-state index in [9.17, 15) is 8.42 Å². The van der Waals surface area contributed by atoms with Gasteiger partial charge in [0.25, 0.3) is 10.0 Å². The molecular formula is C6H4IN3O2S. The van der Waals surface area contributed by atoms with Crippen LogP contribution < -0.4 is 0 Å². The van der Waals surface area contributed by atoms with Gasteiger partial charge in [-0.1, -0.05) is 0 Å². The predicted octanol–water partition coefficient (Wildman–Crippen LogP) is 2.29. The van der Waals surface area contributed by atoms with E-state index in [0.717, 1.165) is 3.57 Å². The normalized spacial score (nSPS) is 10.5. The van der Waals surface area contributed by atoms with Crippen molar-refractivity contribution >= 4 is 32.6 Å². The first kappa shape index (κ1) is 10.3. The van der Waals surface area contributed by atoms with Crippen molar-refractivity contribution < 1.29 is 8.42 Å². The number of sulfonamides is 1. The van der Waals surface area contributed by atoms with Crippen molar-refractivity contribution in [2.45, 2.75) is 4.90 Å². The molecule has 0 heterocycles. The lowest BCUT2D eigenvalue weighted by molar-refractivity contribution is 0.597. The summed E-state index contributed by atoms with van der Waals surface area (Å²) >= 11 is 2.05. The zero-order valence-corrected chi connectivity index (χ0v) is 9.23. The first-order valence-electron chi connectivity index (χ1n) is 3.13. The van der Waals surface area contributed by atoms with Crippen molar-refractivity contribution in [3.8, 4) is 0 Å². The highest BCUT2D eigenvalue weighted by molar-refractivity contribution is 14.1. The fourth-order valence-electron chi connectivity index (χ4n) is 0.702. The molecule has 0 aliphatic rings. The lowest BCUT2D eigenvalue weighted by Crippen LogP contribution is -1.94. The topological polar surface area (TPSA) is 82.9 Å². The Morgan fingerprint density at radius 2 is 1.85 bits per heavy atom. The molecule has 0 atom stereocenters. The van der Waals surface area contributed by atoms with Crippen LogP contribution in [0.3, 0.4) is 0 Å². The number of halogens is 1. The van der Waals surface area contributed by atoms with Crippen LogP contribution in [0.1, 0.15) is 0 Å². The highest BCUT2D eigenvalue weighted by atomic mass is 127. The van der Waals surface area contributed by atoms with E-state index >= 15 is 0 Å². The summed E-state index contributed by atoms with van der Waals surface area (Å²) in [6, 6.07) is 6.04. The quantitative estimate of drug-likeness (QED) is 0.363. The molecule has 0 saturated heterocycles. The SMILES string of the molecule is [N-]=[N+]=NS(=O)(=O)c1ccc(I)cc1. The average Bonchev–Trinajstić information content (AvgIpc) is 2.05. The summed E-state index contributed by atoms with van der Waals surface area (Å²) < 4.78 is 25.9. The van der Waals surface area contributed by atoms with Crippen LogP contribution in [0.4, 0.5) is 0 Å². The summed E-state index contributed by atoms with van der Waals surface area (Å²) in [6.45, 7) is 0. The minimum absolute atomic E-state index is 0.00529. The molecule has 0 aliphatic carbocycles. The van der Waals surface area contributed by atoms with Crippen molar-refractivity contribution in [3.05, 3.63) is 38.3 Å². The van der Waals surface area contributed by atoms with E-state index in [1.807, 2.05) is 22.6 Å². The Morgan fingerprint density at radius 3 is 2.31 bits per heavy atom. The van der Waals surface area contributed by atoms with Crippen LogP contribution >= 0.6 is 22.6 Å². The number of benzene rings is 1. The van der Waals surface area contributed by atoms with Gasteiger partial charge in [-0.15, -0.1) is 0 Å². The number of rotatable bonds is 2. The van der Waals surface area contributed by atoms with E-state index in [-0.39, 0.29) is 4.90 Å². The fraction of sp³-hybridized carbons (Fsp3) is 0. The molecule has 0 fully saturated rings. The summed E-state index contributed by atoms with van der Waals surface area (Å²) in [5, 5.41) is 0. The molecule has 1 rings (SSSR count). The molecule has 0 amide bonds. The van der Waals surface area contributed by atoms with Gasteiger partial charge in [-0.25, -0.2) is 8.42 Å². The minimum atomic E-state index is -3.82. The molecule has 0 aliphatic heterocycles. The molecule has 0 radical (unpaired) electrons. The molecule has 0 unspecified atom stereocenters. The molecule has 7 heteroatoms. The average molecular weight is 309 g/mol. The number of nitrogens with zero attached hydrogens (tertiary/aromatic N) is 3. The first-order valence-corrected chi connectivity index (χ1v) is 5.65. The first-order chi connectivity index (χ1) is 6.06. The third-order valence-electron chi connectivity index (χ3n) is 1.26. The zero-order chi connectivity index (χ0) is 9.90. The third-order valence-corrected chi connectivity index (χ3v) is 3.13. The fourth-order valence-corrected chi connectivity index (χ4v) is 1.73. The van der Waals surface area contributed by atoms with Crippen LogP contribution in [0.15, 0.2) is 33.7 Å². The van der Waals surface area contributed by atoms with E-state index in [0.29, 0.717) is 0 Å². The second-order valence-corrected chi connectivity index (χ2v) is 4.93. The molecule has 0 bridgehead atoms. The highest BCUT2D eigenvalue weighted by Gasteiger charge is 2.10. The van der Waals surface area contributed by atoms with Gasteiger partial charge in [0, 0.05) is 13.0 Å². The van der Waals surface area contributed by atoms with E-state index in [2.05, 4.69) is 9.43 Å². The molecule has 1 aromatic rings. The molecule has 13 heavy (non-hydrogen) atoms. The Hall–Kier alpha value is -0.790. The summed E-state index contributed by atoms with van der Waals surface area (Å²) in [4.78, 5) is 2.25. The molecule has 0 saturated carbocycles. The predicted molar refractivity (Wildman–Crippen MR) is 55.5 cm³/mol. The van der Waals surface area contributed by atoms with Gasteiger partial charge in [-0.2, -0.15) is 0 Å². The maximum Gasteiger partial charge on any atom is 0.264 e. The lowest BCUT2D eigenvalue weighted by atomic mass is 10.4. The number of hydrogen-bond acceptors (Lipinski definition) is 2. The van der Waals surface area contributed by atoms with Crippen LogP contribution in [0.2, 0.25) is 0 Å². The smallest absolute Gasteiger partial charge is 0.216 e.